The fourth-order valence-corrected chi connectivity index (χ4v) is 1.56. The van der Waals surface area contributed by atoms with Gasteiger partial charge in [-0.3, -0.25) is 9.78 Å². The fourth-order valence-electron chi connectivity index (χ4n) is 1.56. The van der Waals surface area contributed by atoms with Gasteiger partial charge in [-0.05, 0) is 30.7 Å². The Bertz CT molecular complexity index is 567. The maximum Gasteiger partial charge on any atom is 0.221 e. The summed E-state index contributed by atoms with van der Waals surface area (Å²) in [6, 6.07) is 8.79. The van der Waals surface area contributed by atoms with Crippen molar-refractivity contribution < 1.29 is 9.21 Å². The zero-order valence-electron chi connectivity index (χ0n) is 9.25. The maximum atomic E-state index is 12.1. The topological polar surface area (TPSA) is 66.9 Å². The summed E-state index contributed by atoms with van der Waals surface area (Å²) in [5, 5.41) is 9.09. The molecule has 2 heterocycles. The van der Waals surface area contributed by atoms with Crippen molar-refractivity contribution in [2.45, 2.75) is 12.8 Å². The average molecular weight is 226 g/mol. The molecule has 0 radical (unpaired) electrons. The molecule has 0 fully saturated rings. The number of carbonyl (C=O) groups excluding carboxylic acids is 1. The molecule has 0 aromatic carbocycles. The molecule has 2 rings (SSSR count). The van der Waals surface area contributed by atoms with E-state index in [4.69, 9.17) is 9.68 Å². The van der Waals surface area contributed by atoms with Gasteiger partial charge in [0, 0.05) is 6.20 Å². The third-order valence-electron chi connectivity index (χ3n) is 2.46. The van der Waals surface area contributed by atoms with E-state index >= 15 is 0 Å². The molecule has 4 nitrogen and oxygen atoms in total. The minimum absolute atomic E-state index is 0.224. The fraction of sp³-hybridized carbons (Fsp3) is 0.154. The summed E-state index contributed by atoms with van der Waals surface area (Å²) in [4.78, 5) is 16.1. The van der Waals surface area contributed by atoms with E-state index in [-0.39, 0.29) is 11.5 Å². The highest BCUT2D eigenvalue weighted by atomic mass is 16.3. The van der Waals surface area contributed by atoms with E-state index in [0.29, 0.717) is 5.69 Å². The van der Waals surface area contributed by atoms with Crippen molar-refractivity contribution in [3.05, 3.63) is 53.7 Å². The van der Waals surface area contributed by atoms with Crippen LogP contribution in [0.4, 0.5) is 0 Å². The van der Waals surface area contributed by atoms with E-state index < -0.39 is 5.92 Å². The number of hydrogen-bond donors (Lipinski definition) is 0. The summed E-state index contributed by atoms with van der Waals surface area (Å²) in [6.07, 6.45) is 3.00. The maximum absolute atomic E-state index is 12.1. The molecule has 0 saturated heterocycles. The van der Waals surface area contributed by atoms with Gasteiger partial charge in [0.25, 0.3) is 0 Å². The summed E-state index contributed by atoms with van der Waals surface area (Å²) < 4.78 is 5.10. The molecule has 1 atom stereocenters. The number of pyridine rings is 1. The van der Waals surface area contributed by atoms with Crippen molar-refractivity contribution in [2.24, 2.45) is 0 Å². The number of furan rings is 1. The highest BCUT2D eigenvalue weighted by Gasteiger charge is 2.26. The molecule has 0 aliphatic carbocycles. The van der Waals surface area contributed by atoms with Gasteiger partial charge < -0.3 is 4.42 Å². The number of Topliss-reactive ketones (excluding diaryl/α,β-unsaturated/α-hetero) is 1. The SMILES string of the molecule is Cc1ccoc1C(=O)C(C#N)c1ccccn1. The third-order valence-corrected chi connectivity index (χ3v) is 2.46. The first-order valence-corrected chi connectivity index (χ1v) is 5.13. The van der Waals surface area contributed by atoms with Crippen LogP contribution in [0.5, 0.6) is 0 Å². The minimum atomic E-state index is -0.916. The first-order chi connectivity index (χ1) is 8.24. The van der Waals surface area contributed by atoms with E-state index in [9.17, 15) is 4.79 Å². The van der Waals surface area contributed by atoms with Crippen molar-refractivity contribution in [1.29, 1.82) is 5.26 Å². The highest BCUT2D eigenvalue weighted by molar-refractivity contribution is 6.01. The van der Waals surface area contributed by atoms with Crippen LogP contribution >= 0.6 is 0 Å². The van der Waals surface area contributed by atoms with E-state index in [0.717, 1.165) is 5.56 Å². The van der Waals surface area contributed by atoms with Crippen molar-refractivity contribution >= 4 is 5.78 Å². The van der Waals surface area contributed by atoms with Gasteiger partial charge >= 0.3 is 0 Å². The first-order valence-electron chi connectivity index (χ1n) is 5.13. The molecule has 4 heteroatoms. The van der Waals surface area contributed by atoms with Crippen molar-refractivity contribution in [1.82, 2.24) is 4.98 Å². The average Bonchev–Trinajstić information content (AvgIpc) is 2.77. The van der Waals surface area contributed by atoms with E-state index in [1.54, 1.807) is 37.4 Å². The number of carbonyl (C=O) groups is 1. The normalized spacial score (nSPS) is 11.8. The number of ketones is 1. The van der Waals surface area contributed by atoms with Gasteiger partial charge in [0.2, 0.25) is 5.78 Å². The molecular weight excluding hydrogens is 216 g/mol. The Kier molecular flexibility index (Phi) is 3.01. The van der Waals surface area contributed by atoms with E-state index in [2.05, 4.69) is 4.98 Å². The van der Waals surface area contributed by atoms with E-state index in [1.807, 2.05) is 6.07 Å². The molecule has 84 valence electrons. The zero-order valence-corrected chi connectivity index (χ0v) is 9.25. The van der Waals surface area contributed by atoms with Gasteiger partial charge in [0.1, 0.15) is 0 Å². The Morgan fingerprint density at radius 3 is 2.82 bits per heavy atom. The summed E-state index contributed by atoms with van der Waals surface area (Å²) in [5.41, 5.74) is 1.17. The number of aromatic nitrogens is 1. The van der Waals surface area contributed by atoms with Crippen LogP contribution in [0.1, 0.15) is 27.7 Å². The lowest BCUT2D eigenvalue weighted by Crippen LogP contribution is -2.12. The number of nitriles is 1. The Labute approximate surface area is 98.5 Å². The van der Waals surface area contributed by atoms with Gasteiger partial charge in [0.15, 0.2) is 11.7 Å². The molecular formula is C13H10N2O2. The molecule has 0 bridgehead atoms. The van der Waals surface area contributed by atoms with Crippen molar-refractivity contribution in [2.75, 3.05) is 0 Å². The van der Waals surface area contributed by atoms with Gasteiger partial charge in [-0.1, -0.05) is 6.07 Å². The second-order valence-corrected chi connectivity index (χ2v) is 3.61. The van der Waals surface area contributed by atoms with Crippen LogP contribution < -0.4 is 0 Å². The van der Waals surface area contributed by atoms with Gasteiger partial charge in [-0.2, -0.15) is 5.26 Å². The predicted molar refractivity (Wildman–Crippen MR) is 60.4 cm³/mol. The molecule has 0 aliphatic rings. The largest absolute Gasteiger partial charge is 0.461 e. The Morgan fingerprint density at radius 2 is 2.29 bits per heavy atom. The molecule has 0 aliphatic heterocycles. The smallest absolute Gasteiger partial charge is 0.221 e. The van der Waals surface area contributed by atoms with Crippen LogP contribution in [0.25, 0.3) is 0 Å². The Morgan fingerprint density at radius 1 is 1.47 bits per heavy atom. The molecule has 0 spiro atoms. The zero-order chi connectivity index (χ0) is 12.3. The van der Waals surface area contributed by atoms with Gasteiger partial charge in [-0.25, -0.2) is 0 Å². The molecule has 2 aromatic heterocycles. The molecule has 2 aromatic rings. The van der Waals surface area contributed by atoms with E-state index in [1.165, 1.54) is 6.26 Å². The number of nitrogens with zero attached hydrogens (tertiary/aromatic N) is 2. The molecule has 0 N–H and O–H groups in total. The lowest BCUT2D eigenvalue weighted by Gasteiger charge is -2.05. The monoisotopic (exact) mass is 226 g/mol. The van der Waals surface area contributed by atoms with Crippen LogP contribution in [0.2, 0.25) is 0 Å². The number of aryl methyl sites for hydroxylation is 1. The predicted octanol–water partition coefficient (Wildman–Crippen LogP) is 2.47. The van der Waals surface area contributed by atoms with Gasteiger partial charge in [0.05, 0.1) is 18.0 Å². The third kappa shape index (κ3) is 2.08. The quantitative estimate of drug-likeness (QED) is 0.754. The Hall–Kier alpha value is -2.41. The summed E-state index contributed by atoms with van der Waals surface area (Å²) in [6.45, 7) is 1.77. The van der Waals surface area contributed by atoms with Crippen LogP contribution in [0.15, 0.2) is 41.1 Å². The minimum Gasteiger partial charge on any atom is -0.461 e. The van der Waals surface area contributed by atoms with Crippen LogP contribution in [-0.4, -0.2) is 10.8 Å². The van der Waals surface area contributed by atoms with Crippen LogP contribution in [0, 0.1) is 18.3 Å². The van der Waals surface area contributed by atoms with Crippen LogP contribution in [0.3, 0.4) is 0 Å². The summed E-state index contributed by atoms with van der Waals surface area (Å²) in [7, 11) is 0. The molecule has 1 unspecified atom stereocenters. The van der Waals surface area contributed by atoms with Crippen molar-refractivity contribution in [3.63, 3.8) is 0 Å². The first kappa shape index (κ1) is 11.1. The number of hydrogen-bond acceptors (Lipinski definition) is 4. The van der Waals surface area contributed by atoms with Crippen LogP contribution in [-0.2, 0) is 0 Å². The molecule has 0 saturated carbocycles. The number of rotatable bonds is 3. The van der Waals surface area contributed by atoms with Gasteiger partial charge in [-0.15, -0.1) is 0 Å². The van der Waals surface area contributed by atoms with Crippen molar-refractivity contribution in [3.8, 4) is 6.07 Å². The summed E-state index contributed by atoms with van der Waals surface area (Å²) >= 11 is 0. The Balaban J connectivity index is 2.36. The lowest BCUT2D eigenvalue weighted by atomic mass is 9.98. The molecule has 17 heavy (non-hydrogen) atoms. The standard InChI is InChI=1S/C13H10N2O2/c1-9-5-7-17-13(9)12(16)10(8-14)11-4-2-3-6-15-11/h2-7,10H,1H3. The second-order valence-electron chi connectivity index (χ2n) is 3.61. The highest BCUT2D eigenvalue weighted by Crippen LogP contribution is 2.21. The lowest BCUT2D eigenvalue weighted by molar-refractivity contribution is 0.0950. The molecule has 0 amide bonds. The summed E-state index contributed by atoms with van der Waals surface area (Å²) in [5.74, 6) is -1.04. The second kappa shape index (κ2) is 4.62.